The summed E-state index contributed by atoms with van der Waals surface area (Å²) in [5.41, 5.74) is 16.2. The molecule has 48 heavy (non-hydrogen) atoms. The van der Waals surface area contributed by atoms with Gasteiger partial charge in [-0.25, -0.2) is 0 Å². The lowest BCUT2D eigenvalue weighted by Crippen LogP contribution is -2.14. The van der Waals surface area contributed by atoms with Crippen molar-refractivity contribution < 1.29 is 0 Å². The summed E-state index contributed by atoms with van der Waals surface area (Å²) in [6, 6.07) is 55.0. The molecule has 0 atom stereocenters. The van der Waals surface area contributed by atoms with Crippen LogP contribution in [0.5, 0.6) is 0 Å². The number of fused-ring (bicyclic) bond motifs is 9. The fourth-order valence-electron chi connectivity index (χ4n) is 9.20. The maximum Gasteiger partial charge on any atom is 0.0159 e. The second kappa shape index (κ2) is 9.55. The van der Waals surface area contributed by atoms with Gasteiger partial charge in [-0.05, 0) is 123 Å². The second-order valence-corrected chi connectivity index (χ2v) is 14.9. The molecule has 0 unspecified atom stereocenters. The Morgan fingerprint density at radius 2 is 0.750 bits per heavy atom. The first-order valence-corrected chi connectivity index (χ1v) is 17.2. The third-order valence-corrected chi connectivity index (χ3v) is 11.6. The molecule has 8 aromatic rings. The first kappa shape index (κ1) is 27.6. The van der Waals surface area contributed by atoms with Crippen LogP contribution in [0.4, 0.5) is 0 Å². The molecule has 10 rings (SSSR count). The van der Waals surface area contributed by atoms with Crippen LogP contribution in [-0.4, -0.2) is 0 Å². The lowest BCUT2D eigenvalue weighted by atomic mass is 9.80. The molecule has 0 aromatic heterocycles. The normalized spacial score (nSPS) is 15.0. The Balaban J connectivity index is 1.23. The number of rotatable bonds is 2. The van der Waals surface area contributed by atoms with Gasteiger partial charge in [0.15, 0.2) is 0 Å². The third-order valence-electron chi connectivity index (χ3n) is 11.6. The van der Waals surface area contributed by atoms with E-state index in [0.717, 1.165) is 0 Å². The molecule has 2 aliphatic carbocycles. The van der Waals surface area contributed by atoms with Gasteiger partial charge >= 0.3 is 0 Å². The van der Waals surface area contributed by atoms with Crippen molar-refractivity contribution in [1.29, 1.82) is 0 Å². The summed E-state index contributed by atoms with van der Waals surface area (Å²) in [5, 5.41) is 7.80. The van der Waals surface area contributed by atoms with Crippen LogP contribution in [0.1, 0.15) is 49.9 Å². The standard InChI is InChI=1S/C48H36/c1-47(2)41-20-12-11-15-33(41)34-23-21-32(28-43(34)47)46-37-18-9-7-16-35(37)45(36-17-8-10-19-38(36)46)31-22-24-42-39(26-31)40-25-29-13-5-6-14-30(29)27-44(40)48(42,3)4/h5-28H,1-4H3. The highest BCUT2D eigenvalue weighted by Gasteiger charge is 2.37. The highest BCUT2D eigenvalue weighted by molar-refractivity contribution is 6.21. The second-order valence-electron chi connectivity index (χ2n) is 14.9. The van der Waals surface area contributed by atoms with E-state index >= 15 is 0 Å². The largest absolute Gasteiger partial charge is 0.0619 e. The van der Waals surface area contributed by atoms with Gasteiger partial charge in [0, 0.05) is 10.8 Å². The number of benzene rings is 8. The van der Waals surface area contributed by atoms with E-state index in [9.17, 15) is 0 Å². The monoisotopic (exact) mass is 612 g/mol. The van der Waals surface area contributed by atoms with Crippen LogP contribution in [0, 0.1) is 0 Å². The van der Waals surface area contributed by atoms with E-state index in [1.807, 2.05) is 0 Å². The molecule has 0 radical (unpaired) electrons. The van der Waals surface area contributed by atoms with Crippen LogP contribution in [-0.2, 0) is 10.8 Å². The zero-order valence-electron chi connectivity index (χ0n) is 27.9. The number of hydrogen-bond donors (Lipinski definition) is 0. The Labute approximate surface area is 282 Å². The molecule has 0 N–H and O–H groups in total. The molecule has 0 aliphatic heterocycles. The average Bonchev–Trinajstić information content (AvgIpc) is 3.48. The minimum atomic E-state index is -0.0533. The van der Waals surface area contributed by atoms with E-state index in [2.05, 4.69) is 173 Å². The van der Waals surface area contributed by atoms with Crippen LogP contribution >= 0.6 is 0 Å². The smallest absolute Gasteiger partial charge is 0.0159 e. The van der Waals surface area contributed by atoms with Crippen LogP contribution in [0.15, 0.2) is 146 Å². The van der Waals surface area contributed by atoms with E-state index in [-0.39, 0.29) is 10.8 Å². The molecule has 2 aliphatic rings. The van der Waals surface area contributed by atoms with Crippen molar-refractivity contribution >= 4 is 32.3 Å². The summed E-state index contributed by atoms with van der Waals surface area (Å²) in [6.07, 6.45) is 0. The van der Waals surface area contributed by atoms with Crippen molar-refractivity contribution in [2.45, 2.75) is 38.5 Å². The Kier molecular flexibility index (Phi) is 5.50. The van der Waals surface area contributed by atoms with Gasteiger partial charge < -0.3 is 0 Å². The summed E-state index contributed by atoms with van der Waals surface area (Å²) in [5.74, 6) is 0. The third kappa shape index (κ3) is 3.61. The molecule has 0 heteroatoms. The van der Waals surface area contributed by atoms with Crippen LogP contribution in [0.3, 0.4) is 0 Å². The lowest BCUT2D eigenvalue weighted by Gasteiger charge is -2.23. The van der Waals surface area contributed by atoms with Crippen molar-refractivity contribution in [3.63, 3.8) is 0 Å². The van der Waals surface area contributed by atoms with Gasteiger partial charge in [-0.2, -0.15) is 0 Å². The maximum absolute atomic E-state index is 2.47. The minimum absolute atomic E-state index is 0.0483. The molecule has 0 fully saturated rings. The molecular formula is C48H36. The van der Waals surface area contributed by atoms with Crippen molar-refractivity contribution in [1.82, 2.24) is 0 Å². The van der Waals surface area contributed by atoms with Crippen LogP contribution < -0.4 is 0 Å². The predicted molar refractivity (Wildman–Crippen MR) is 205 cm³/mol. The molecule has 228 valence electrons. The SMILES string of the molecule is CC1(C)c2ccccc2-c2ccc(-c3c4ccccc4c(-c4ccc5c(c4)-c4cc6ccccc6cc4C5(C)C)c4ccccc34)cc21. The molecule has 0 saturated heterocycles. The Hall–Kier alpha value is -5.46. The minimum Gasteiger partial charge on any atom is -0.0619 e. The van der Waals surface area contributed by atoms with E-state index in [1.165, 1.54) is 99.1 Å². The average molecular weight is 613 g/mol. The first-order valence-electron chi connectivity index (χ1n) is 17.2. The molecule has 0 saturated carbocycles. The summed E-state index contributed by atoms with van der Waals surface area (Å²) in [4.78, 5) is 0. The van der Waals surface area contributed by atoms with Gasteiger partial charge in [-0.3, -0.25) is 0 Å². The van der Waals surface area contributed by atoms with E-state index in [1.54, 1.807) is 0 Å². The highest BCUT2D eigenvalue weighted by atomic mass is 14.4. The summed E-state index contributed by atoms with van der Waals surface area (Å²) in [7, 11) is 0. The molecular weight excluding hydrogens is 577 g/mol. The zero-order valence-corrected chi connectivity index (χ0v) is 27.9. The molecule has 0 heterocycles. The fourth-order valence-corrected chi connectivity index (χ4v) is 9.20. The first-order chi connectivity index (χ1) is 23.3. The van der Waals surface area contributed by atoms with Gasteiger partial charge in [-0.15, -0.1) is 0 Å². The summed E-state index contributed by atoms with van der Waals surface area (Å²) in [6.45, 7) is 9.50. The highest BCUT2D eigenvalue weighted by Crippen LogP contribution is 2.53. The zero-order chi connectivity index (χ0) is 32.4. The molecule has 0 bridgehead atoms. The van der Waals surface area contributed by atoms with Crippen molar-refractivity contribution in [3.8, 4) is 44.5 Å². The van der Waals surface area contributed by atoms with Gasteiger partial charge in [0.05, 0.1) is 0 Å². The molecule has 0 amide bonds. The summed E-state index contributed by atoms with van der Waals surface area (Å²) >= 11 is 0. The van der Waals surface area contributed by atoms with Crippen molar-refractivity contribution in [2.75, 3.05) is 0 Å². The quantitative estimate of drug-likeness (QED) is 0.170. The molecule has 0 spiro atoms. The Morgan fingerprint density at radius 1 is 0.312 bits per heavy atom. The van der Waals surface area contributed by atoms with E-state index in [4.69, 9.17) is 0 Å². The van der Waals surface area contributed by atoms with E-state index < -0.39 is 0 Å². The van der Waals surface area contributed by atoms with Crippen molar-refractivity contribution in [2.24, 2.45) is 0 Å². The van der Waals surface area contributed by atoms with E-state index in [0.29, 0.717) is 0 Å². The predicted octanol–water partition coefficient (Wildman–Crippen LogP) is 13.1. The Bertz CT molecular complexity index is 2610. The fraction of sp³-hybridized carbons (Fsp3) is 0.125. The summed E-state index contributed by atoms with van der Waals surface area (Å²) < 4.78 is 0. The Morgan fingerprint density at radius 3 is 1.40 bits per heavy atom. The topological polar surface area (TPSA) is 0 Å². The van der Waals surface area contributed by atoms with Crippen LogP contribution in [0.2, 0.25) is 0 Å². The van der Waals surface area contributed by atoms with Crippen molar-refractivity contribution in [3.05, 3.63) is 168 Å². The van der Waals surface area contributed by atoms with Gasteiger partial charge in [0.25, 0.3) is 0 Å². The maximum atomic E-state index is 2.47. The van der Waals surface area contributed by atoms with Gasteiger partial charge in [-0.1, -0.05) is 149 Å². The molecule has 0 nitrogen and oxygen atoms in total. The van der Waals surface area contributed by atoms with Crippen LogP contribution in [0.25, 0.3) is 76.8 Å². The molecule has 8 aromatic carbocycles. The number of hydrogen-bond acceptors (Lipinski definition) is 0. The van der Waals surface area contributed by atoms with Gasteiger partial charge in [0.2, 0.25) is 0 Å². The lowest BCUT2D eigenvalue weighted by molar-refractivity contribution is 0.660. The van der Waals surface area contributed by atoms with Gasteiger partial charge in [0.1, 0.15) is 0 Å².